The fourth-order valence-electron chi connectivity index (χ4n) is 1.51. The Hall–Kier alpha value is -1.62. The first kappa shape index (κ1) is 12.8. The Kier molecular flexibility index (Phi) is 4.52. The first-order valence-corrected chi connectivity index (χ1v) is 5.91. The molecule has 0 bridgehead atoms. The van der Waals surface area contributed by atoms with Gasteiger partial charge in [0, 0.05) is 0 Å². The number of hydrogen-bond donors (Lipinski definition) is 2. The van der Waals surface area contributed by atoms with Gasteiger partial charge in [0.2, 0.25) is 0 Å². The van der Waals surface area contributed by atoms with Gasteiger partial charge in [-0.15, -0.1) is 0 Å². The van der Waals surface area contributed by atoms with Gasteiger partial charge in [0.1, 0.15) is 5.82 Å². The van der Waals surface area contributed by atoms with Gasteiger partial charge in [-0.2, -0.15) is 0 Å². The summed E-state index contributed by atoms with van der Waals surface area (Å²) < 4.78 is 5.57. The molecule has 1 heterocycles. The summed E-state index contributed by atoms with van der Waals surface area (Å²) in [6.07, 6.45) is 0. The van der Waals surface area contributed by atoms with Crippen LogP contribution in [-0.2, 0) is 18.0 Å². The van der Waals surface area contributed by atoms with Crippen LogP contribution in [0.4, 0.5) is 5.82 Å². The Morgan fingerprint density at radius 1 is 1.11 bits per heavy atom. The van der Waals surface area contributed by atoms with Gasteiger partial charge in [-0.1, -0.05) is 41.9 Å². The van der Waals surface area contributed by atoms with Crippen molar-refractivity contribution in [2.75, 3.05) is 5.43 Å². The first-order chi connectivity index (χ1) is 8.79. The molecule has 3 N–H and O–H groups in total. The monoisotopic (exact) mass is 263 g/mol. The van der Waals surface area contributed by atoms with E-state index in [0.29, 0.717) is 29.7 Å². The van der Waals surface area contributed by atoms with Crippen molar-refractivity contribution in [1.29, 1.82) is 0 Å². The number of benzene rings is 1. The van der Waals surface area contributed by atoms with Crippen molar-refractivity contribution in [2.45, 2.75) is 13.2 Å². The lowest BCUT2D eigenvalue weighted by Gasteiger charge is -2.07. The fraction of sp³-hybridized carbons (Fsp3) is 0.154. The maximum Gasteiger partial charge on any atom is 0.140 e. The summed E-state index contributed by atoms with van der Waals surface area (Å²) in [5.74, 6) is 5.86. The molecular formula is C13H14ClN3O. The van der Waals surface area contributed by atoms with Crippen LogP contribution in [-0.4, -0.2) is 4.98 Å². The number of nitrogens with two attached hydrogens (primary N) is 1. The third-order valence-electron chi connectivity index (χ3n) is 2.42. The molecule has 0 saturated heterocycles. The van der Waals surface area contributed by atoms with Crippen molar-refractivity contribution in [3.05, 3.63) is 58.7 Å². The topological polar surface area (TPSA) is 60.2 Å². The number of hydrazine groups is 1. The van der Waals surface area contributed by atoms with E-state index in [-0.39, 0.29) is 0 Å². The molecule has 0 aliphatic rings. The molecule has 2 rings (SSSR count). The number of nitrogen functional groups attached to an aromatic ring is 1. The molecule has 4 nitrogen and oxygen atoms in total. The van der Waals surface area contributed by atoms with Gasteiger partial charge in [-0.3, -0.25) is 0 Å². The van der Waals surface area contributed by atoms with Gasteiger partial charge < -0.3 is 10.2 Å². The van der Waals surface area contributed by atoms with Gasteiger partial charge in [-0.25, -0.2) is 10.8 Å². The Bertz CT molecular complexity index is 505. The number of nitrogens with one attached hydrogen (secondary N) is 1. The Balaban J connectivity index is 1.94. The summed E-state index contributed by atoms with van der Waals surface area (Å²) in [6.45, 7) is 0.877. The molecule has 0 saturated carbocycles. The van der Waals surface area contributed by atoms with E-state index in [1.165, 1.54) is 0 Å². The number of anilines is 1. The van der Waals surface area contributed by atoms with Crippen LogP contribution in [0.15, 0.2) is 42.5 Å². The minimum atomic E-state index is 0.350. The van der Waals surface area contributed by atoms with Crippen LogP contribution in [0.5, 0.6) is 0 Å². The Morgan fingerprint density at radius 2 is 1.89 bits per heavy atom. The van der Waals surface area contributed by atoms with Crippen molar-refractivity contribution < 1.29 is 4.74 Å². The van der Waals surface area contributed by atoms with E-state index in [9.17, 15) is 0 Å². The molecule has 5 heteroatoms. The molecular weight excluding hydrogens is 250 g/mol. The average Bonchev–Trinajstić information content (AvgIpc) is 2.42. The highest BCUT2D eigenvalue weighted by molar-refractivity contribution is 6.31. The van der Waals surface area contributed by atoms with E-state index < -0.39 is 0 Å². The second-order valence-corrected chi connectivity index (χ2v) is 4.15. The number of nitrogens with zero attached hydrogens (tertiary/aromatic N) is 1. The van der Waals surface area contributed by atoms with Crippen molar-refractivity contribution in [3.63, 3.8) is 0 Å². The summed E-state index contributed by atoms with van der Waals surface area (Å²) >= 11 is 6.02. The number of halogens is 1. The summed E-state index contributed by atoms with van der Waals surface area (Å²) in [5.41, 5.74) is 4.26. The molecule has 1 aromatic carbocycles. The van der Waals surface area contributed by atoms with Crippen LogP contribution >= 0.6 is 11.6 Å². The van der Waals surface area contributed by atoms with Gasteiger partial charge in [-0.05, 0) is 17.7 Å². The van der Waals surface area contributed by atoms with Gasteiger partial charge in [0.25, 0.3) is 0 Å². The van der Waals surface area contributed by atoms with Crippen molar-refractivity contribution in [1.82, 2.24) is 4.98 Å². The van der Waals surface area contributed by atoms with Crippen LogP contribution in [0.1, 0.15) is 11.3 Å². The minimum Gasteiger partial charge on any atom is -0.370 e. The van der Waals surface area contributed by atoms with E-state index in [1.807, 2.05) is 30.3 Å². The standard InChI is InChI=1S/C13H14ClN3O/c14-11-6-7-13(17-15)16-12(11)9-18-8-10-4-2-1-3-5-10/h1-7H,8-9,15H2,(H,16,17). The molecule has 1 aromatic heterocycles. The van der Waals surface area contributed by atoms with E-state index in [1.54, 1.807) is 12.1 Å². The number of aromatic nitrogens is 1. The maximum atomic E-state index is 6.02. The first-order valence-electron chi connectivity index (χ1n) is 5.53. The van der Waals surface area contributed by atoms with Crippen LogP contribution in [0.3, 0.4) is 0 Å². The van der Waals surface area contributed by atoms with Crippen molar-refractivity contribution >= 4 is 17.4 Å². The molecule has 0 unspecified atom stereocenters. The summed E-state index contributed by atoms with van der Waals surface area (Å²) in [7, 11) is 0. The summed E-state index contributed by atoms with van der Waals surface area (Å²) in [5, 5.41) is 0.571. The lowest BCUT2D eigenvalue weighted by atomic mass is 10.2. The van der Waals surface area contributed by atoms with Crippen LogP contribution in [0, 0.1) is 0 Å². The normalized spacial score (nSPS) is 10.3. The number of hydrogen-bond acceptors (Lipinski definition) is 4. The lowest BCUT2D eigenvalue weighted by molar-refractivity contribution is 0.105. The molecule has 0 amide bonds. The average molecular weight is 264 g/mol. The smallest absolute Gasteiger partial charge is 0.140 e. The summed E-state index contributed by atoms with van der Waals surface area (Å²) in [4.78, 5) is 4.23. The third kappa shape index (κ3) is 3.43. The third-order valence-corrected chi connectivity index (χ3v) is 2.76. The Morgan fingerprint density at radius 3 is 2.61 bits per heavy atom. The zero-order valence-corrected chi connectivity index (χ0v) is 10.5. The van der Waals surface area contributed by atoms with Crippen molar-refractivity contribution in [3.8, 4) is 0 Å². The zero-order valence-electron chi connectivity index (χ0n) is 9.77. The van der Waals surface area contributed by atoms with Crippen LogP contribution in [0.2, 0.25) is 5.02 Å². The predicted octanol–water partition coefficient (Wildman–Crippen LogP) is 2.74. The number of rotatable bonds is 5. The quantitative estimate of drug-likeness (QED) is 0.643. The van der Waals surface area contributed by atoms with Crippen molar-refractivity contribution in [2.24, 2.45) is 5.84 Å². The van der Waals surface area contributed by atoms with Gasteiger partial charge >= 0.3 is 0 Å². The second-order valence-electron chi connectivity index (χ2n) is 3.75. The molecule has 0 radical (unpaired) electrons. The predicted molar refractivity (Wildman–Crippen MR) is 72.0 cm³/mol. The lowest BCUT2D eigenvalue weighted by Crippen LogP contribution is -2.09. The number of pyridine rings is 1. The SMILES string of the molecule is NNc1ccc(Cl)c(COCc2ccccc2)n1. The van der Waals surface area contributed by atoms with Crippen LogP contribution < -0.4 is 11.3 Å². The minimum absolute atomic E-state index is 0.350. The molecule has 0 fully saturated rings. The fourth-order valence-corrected chi connectivity index (χ4v) is 1.67. The highest BCUT2D eigenvalue weighted by Gasteiger charge is 2.04. The van der Waals surface area contributed by atoms with Gasteiger partial charge in [0.05, 0.1) is 23.9 Å². The highest BCUT2D eigenvalue weighted by atomic mass is 35.5. The molecule has 18 heavy (non-hydrogen) atoms. The van der Waals surface area contributed by atoms with E-state index in [2.05, 4.69) is 10.4 Å². The molecule has 94 valence electrons. The Labute approximate surface area is 111 Å². The summed E-state index contributed by atoms with van der Waals surface area (Å²) in [6, 6.07) is 13.4. The largest absolute Gasteiger partial charge is 0.370 e. The van der Waals surface area contributed by atoms with Crippen LogP contribution in [0.25, 0.3) is 0 Å². The van der Waals surface area contributed by atoms with E-state index in [4.69, 9.17) is 22.2 Å². The molecule has 0 aliphatic heterocycles. The van der Waals surface area contributed by atoms with E-state index >= 15 is 0 Å². The molecule has 2 aromatic rings. The maximum absolute atomic E-state index is 6.02. The molecule has 0 spiro atoms. The highest BCUT2D eigenvalue weighted by Crippen LogP contribution is 2.17. The van der Waals surface area contributed by atoms with E-state index in [0.717, 1.165) is 5.56 Å². The molecule has 0 aliphatic carbocycles. The molecule has 0 atom stereocenters. The zero-order chi connectivity index (χ0) is 12.8. The number of ether oxygens (including phenoxy) is 1. The van der Waals surface area contributed by atoms with Gasteiger partial charge in [0.15, 0.2) is 0 Å². The second kappa shape index (κ2) is 6.35.